The zero-order chi connectivity index (χ0) is 13.8. The van der Waals surface area contributed by atoms with Crippen LogP contribution in [0.3, 0.4) is 0 Å². The Bertz CT molecular complexity index is 563. The molecule has 0 spiro atoms. The molecule has 2 heterocycles. The fourth-order valence-electron chi connectivity index (χ4n) is 1.71. The van der Waals surface area contributed by atoms with Gasteiger partial charge in [0, 0.05) is 20.4 Å². The predicted molar refractivity (Wildman–Crippen MR) is 63.1 cm³/mol. The van der Waals surface area contributed by atoms with Crippen LogP contribution in [0.1, 0.15) is 6.42 Å². The van der Waals surface area contributed by atoms with Gasteiger partial charge in [-0.3, -0.25) is 9.48 Å². The number of tetrazole rings is 1. The second kappa shape index (κ2) is 5.57. The molecule has 2 aromatic rings. The Hall–Kier alpha value is -2.29. The van der Waals surface area contributed by atoms with Crippen LogP contribution in [0, 0.1) is 0 Å². The van der Waals surface area contributed by atoms with Crippen molar-refractivity contribution < 1.29 is 14.6 Å². The quantitative estimate of drug-likeness (QED) is 0.755. The van der Waals surface area contributed by atoms with E-state index >= 15 is 0 Å². The van der Waals surface area contributed by atoms with E-state index < -0.39 is 12.1 Å². The van der Waals surface area contributed by atoms with Crippen LogP contribution in [0.15, 0.2) is 12.3 Å². The van der Waals surface area contributed by atoms with Gasteiger partial charge in [-0.1, -0.05) is 0 Å². The average molecular weight is 266 g/mol. The van der Waals surface area contributed by atoms with Gasteiger partial charge in [0.2, 0.25) is 0 Å². The molecule has 1 unspecified atom stereocenters. The Morgan fingerprint density at radius 3 is 2.95 bits per heavy atom. The van der Waals surface area contributed by atoms with Crippen LogP contribution in [-0.4, -0.2) is 54.3 Å². The summed E-state index contributed by atoms with van der Waals surface area (Å²) in [5.41, 5.74) is 0.746. The van der Waals surface area contributed by atoms with E-state index in [0.29, 0.717) is 5.82 Å². The minimum absolute atomic E-state index is 0.110. The van der Waals surface area contributed by atoms with Gasteiger partial charge in [0.1, 0.15) is 5.69 Å². The number of aromatic nitrogens is 6. The number of hydrogen-bond acceptors (Lipinski definition) is 6. The SMILES string of the molecule is COC(CC(=O)O)Cn1nnnc1-c1ccnn1C. The maximum Gasteiger partial charge on any atom is 0.306 e. The number of aryl methyl sites for hydroxylation is 1. The third kappa shape index (κ3) is 2.94. The molecule has 1 atom stereocenters. The Kier molecular flexibility index (Phi) is 3.85. The molecule has 2 rings (SSSR count). The van der Waals surface area contributed by atoms with Crippen LogP contribution in [0.25, 0.3) is 11.5 Å². The summed E-state index contributed by atoms with van der Waals surface area (Å²) >= 11 is 0. The number of nitrogens with zero attached hydrogens (tertiary/aromatic N) is 6. The molecule has 102 valence electrons. The third-order valence-electron chi connectivity index (χ3n) is 2.69. The first kappa shape index (κ1) is 13.1. The molecule has 0 aliphatic carbocycles. The van der Waals surface area contributed by atoms with Crippen molar-refractivity contribution in [3.8, 4) is 11.5 Å². The maximum atomic E-state index is 10.7. The summed E-state index contributed by atoms with van der Waals surface area (Å²) in [5.74, 6) is -0.408. The van der Waals surface area contributed by atoms with E-state index in [1.54, 1.807) is 24.0 Å². The van der Waals surface area contributed by atoms with Crippen LogP contribution in [0.5, 0.6) is 0 Å². The molecule has 0 saturated carbocycles. The smallest absolute Gasteiger partial charge is 0.306 e. The molecule has 0 amide bonds. The molecular weight excluding hydrogens is 252 g/mol. The first-order valence-electron chi connectivity index (χ1n) is 5.61. The average Bonchev–Trinajstić information content (AvgIpc) is 2.96. The second-order valence-corrected chi connectivity index (χ2v) is 3.98. The van der Waals surface area contributed by atoms with Crippen molar-refractivity contribution in [3.63, 3.8) is 0 Å². The van der Waals surface area contributed by atoms with Gasteiger partial charge >= 0.3 is 5.97 Å². The predicted octanol–water partition coefficient (Wildman–Crippen LogP) is -0.437. The number of ether oxygens (including phenoxy) is 1. The molecule has 0 radical (unpaired) electrons. The van der Waals surface area contributed by atoms with Crippen molar-refractivity contribution in [2.75, 3.05) is 7.11 Å². The molecule has 9 heteroatoms. The maximum absolute atomic E-state index is 10.7. The number of rotatable bonds is 6. The fraction of sp³-hybridized carbons (Fsp3) is 0.500. The minimum Gasteiger partial charge on any atom is -0.481 e. The standard InChI is InChI=1S/C10H14N6O3/c1-15-8(3-4-11-15)10-12-13-14-16(10)6-7(19-2)5-9(17)18/h3-4,7H,5-6H2,1-2H3,(H,17,18). The van der Waals surface area contributed by atoms with Gasteiger partial charge in [0.25, 0.3) is 0 Å². The Morgan fingerprint density at radius 1 is 1.58 bits per heavy atom. The highest BCUT2D eigenvalue weighted by atomic mass is 16.5. The van der Waals surface area contributed by atoms with E-state index in [4.69, 9.17) is 9.84 Å². The van der Waals surface area contributed by atoms with Crippen LogP contribution in [0.2, 0.25) is 0 Å². The van der Waals surface area contributed by atoms with Gasteiger partial charge in [0.05, 0.1) is 19.1 Å². The lowest BCUT2D eigenvalue weighted by Gasteiger charge is -2.13. The van der Waals surface area contributed by atoms with E-state index in [1.807, 2.05) is 0 Å². The van der Waals surface area contributed by atoms with Gasteiger partial charge in [-0.15, -0.1) is 5.10 Å². The lowest BCUT2D eigenvalue weighted by molar-refractivity contribution is -0.140. The van der Waals surface area contributed by atoms with Crippen molar-refractivity contribution in [2.24, 2.45) is 7.05 Å². The minimum atomic E-state index is -0.929. The van der Waals surface area contributed by atoms with Gasteiger partial charge in [0.15, 0.2) is 5.82 Å². The lowest BCUT2D eigenvalue weighted by Crippen LogP contribution is -2.23. The van der Waals surface area contributed by atoms with Gasteiger partial charge in [-0.05, 0) is 16.5 Å². The number of methoxy groups -OCH3 is 1. The Morgan fingerprint density at radius 2 is 2.37 bits per heavy atom. The van der Waals surface area contributed by atoms with E-state index in [1.165, 1.54) is 11.8 Å². The van der Waals surface area contributed by atoms with E-state index in [-0.39, 0.29) is 13.0 Å². The topological polar surface area (TPSA) is 108 Å². The highest BCUT2D eigenvalue weighted by molar-refractivity contribution is 5.67. The molecular formula is C10H14N6O3. The molecule has 0 bridgehead atoms. The van der Waals surface area contributed by atoms with Crippen molar-refractivity contribution in [1.29, 1.82) is 0 Å². The molecule has 19 heavy (non-hydrogen) atoms. The van der Waals surface area contributed by atoms with Crippen LogP contribution in [0.4, 0.5) is 0 Å². The summed E-state index contributed by atoms with van der Waals surface area (Å²) < 4.78 is 8.27. The first-order chi connectivity index (χ1) is 9.11. The van der Waals surface area contributed by atoms with Crippen molar-refractivity contribution in [2.45, 2.75) is 19.1 Å². The number of hydrogen-bond donors (Lipinski definition) is 1. The summed E-state index contributed by atoms with van der Waals surface area (Å²) in [6, 6.07) is 1.78. The molecule has 9 nitrogen and oxygen atoms in total. The van der Waals surface area contributed by atoms with Crippen LogP contribution >= 0.6 is 0 Å². The van der Waals surface area contributed by atoms with E-state index in [0.717, 1.165) is 5.69 Å². The van der Waals surface area contributed by atoms with E-state index in [9.17, 15) is 4.79 Å². The Labute approximate surface area is 108 Å². The van der Waals surface area contributed by atoms with Crippen LogP contribution < -0.4 is 0 Å². The molecule has 0 saturated heterocycles. The first-order valence-corrected chi connectivity index (χ1v) is 5.61. The van der Waals surface area contributed by atoms with Crippen molar-refractivity contribution in [3.05, 3.63) is 12.3 Å². The Balaban J connectivity index is 2.20. The zero-order valence-electron chi connectivity index (χ0n) is 10.6. The largest absolute Gasteiger partial charge is 0.481 e. The van der Waals surface area contributed by atoms with Gasteiger partial charge < -0.3 is 9.84 Å². The van der Waals surface area contributed by atoms with Crippen molar-refractivity contribution >= 4 is 5.97 Å². The number of aliphatic carboxylic acids is 1. The number of carboxylic acids is 1. The molecule has 0 aliphatic heterocycles. The number of carbonyl (C=O) groups is 1. The highest BCUT2D eigenvalue weighted by Gasteiger charge is 2.18. The van der Waals surface area contributed by atoms with Crippen molar-refractivity contribution in [1.82, 2.24) is 30.0 Å². The lowest BCUT2D eigenvalue weighted by atomic mass is 10.2. The van der Waals surface area contributed by atoms with Gasteiger partial charge in [-0.25, -0.2) is 4.68 Å². The normalized spacial score (nSPS) is 12.5. The van der Waals surface area contributed by atoms with Crippen LogP contribution in [-0.2, 0) is 23.1 Å². The zero-order valence-corrected chi connectivity index (χ0v) is 10.6. The molecule has 0 aromatic carbocycles. The molecule has 1 N–H and O–H groups in total. The number of carboxylic acid groups (broad SMARTS) is 1. The molecule has 2 aromatic heterocycles. The molecule has 0 fully saturated rings. The van der Waals surface area contributed by atoms with Gasteiger partial charge in [-0.2, -0.15) is 5.10 Å². The summed E-state index contributed by atoms with van der Waals surface area (Å²) in [6.45, 7) is 0.260. The summed E-state index contributed by atoms with van der Waals surface area (Å²) in [7, 11) is 3.24. The monoisotopic (exact) mass is 266 g/mol. The summed E-state index contributed by atoms with van der Waals surface area (Å²) in [6.07, 6.45) is 1.04. The molecule has 0 aliphatic rings. The fourth-order valence-corrected chi connectivity index (χ4v) is 1.71. The summed E-state index contributed by atoms with van der Waals surface area (Å²) in [4.78, 5) is 10.7. The highest BCUT2D eigenvalue weighted by Crippen LogP contribution is 2.15. The second-order valence-electron chi connectivity index (χ2n) is 3.98. The van der Waals surface area contributed by atoms with E-state index in [2.05, 4.69) is 20.6 Å². The summed E-state index contributed by atoms with van der Waals surface area (Å²) in [5, 5.41) is 24.2. The third-order valence-corrected chi connectivity index (χ3v) is 2.69.